The first-order valence-corrected chi connectivity index (χ1v) is 29.6. The van der Waals surface area contributed by atoms with Gasteiger partial charge in [0.25, 0.3) is 0 Å². The molecule has 3 aliphatic heterocycles. The largest absolute Gasteiger partial charge is 0.471 e. The summed E-state index contributed by atoms with van der Waals surface area (Å²) < 4.78 is 99.3. The highest BCUT2D eigenvalue weighted by Gasteiger charge is 2.39. The summed E-state index contributed by atoms with van der Waals surface area (Å²) in [5.41, 5.74) is 5.18. The molecule has 0 amide bonds. The normalized spacial score (nSPS) is 14.0. The van der Waals surface area contributed by atoms with E-state index in [2.05, 4.69) is 126 Å². The molecular weight excluding hydrogens is 1320 g/mol. The van der Waals surface area contributed by atoms with Gasteiger partial charge in [-0.1, -0.05) is 45.3 Å². The van der Waals surface area contributed by atoms with Crippen LogP contribution < -0.4 is 30.7 Å². The van der Waals surface area contributed by atoms with Gasteiger partial charge in [0, 0.05) is 91.5 Å². The number of aromatic nitrogens is 16. The van der Waals surface area contributed by atoms with E-state index in [-0.39, 0.29) is 19.1 Å². The smallest absolute Gasteiger partial charge is 0.382 e. The Morgan fingerprint density at radius 1 is 0.533 bits per heavy atom. The summed E-state index contributed by atoms with van der Waals surface area (Å²) in [5.74, 6) is 2.48. The molecule has 0 aromatic carbocycles. The Labute approximate surface area is 530 Å². The van der Waals surface area contributed by atoms with Gasteiger partial charge in [0.15, 0.2) is 40.1 Å². The predicted octanol–water partition coefficient (Wildman–Crippen LogP) is 9.79. The Kier molecular flexibility index (Phi) is 24.7. The fraction of sp³-hybridized carbons (Fsp3) is 0.321. The average molecular weight is 1370 g/mol. The van der Waals surface area contributed by atoms with E-state index in [1.165, 1.54) is 28.9 Å². The van der Waals surface area contributed by atoms with Crippen molar-refractivity contribution in [2.24, 2.45) is 0 Å². The van der Waals surface area contributed by atoms with E-state index in [1.807, 2.05) is 35.2 Å². The van der Waals surface area contributed by atoms with Crippen LogP contribution in [-0.2, 0) is 38.4 Å². The van der Waals surface area contributed by atoms with E-state index >= 15 is 0 Å². The van der Waals surface area contributed by atoms with Crippen molar-refractivity contribution in [1.29, 1.82) is 0 Å². The third-order valence-corrected chi connectivity index (χ3v) is 15.3. The molecule has 10 aromatic heterocycles. The van der Waals surface area contributed by atoms with E-state index in [1.54, 1.807) is 79.9 Å². The Bertz CT molecular complexity index is 3670. The monoisotopic (exact) mass is 1370 g/mol. The maximum atomic E-state index is 12.8. The van der Waals surface area contributed by atoms with Crippen molar-refractivity contribution in [2.45, 2.75) is 31.7 Å². The molecule has 3 aliphatic rings. The molecule has 13 rings (SSSR count). The fourth-order valence-corrected chi connectivity index (χ4v) is 10.1. The molecule has 0 unspecified atom stereocenters. The minimum absolute atomic E-state index is 0. The van der Waals surface area contributed by atoms with Gasteiger partial charge in [-0.25, -0.2) is 15.0 Å². The average Bonchev–Trinajstić information content (AvgIpc) is 2.17. The molecular formula is C53H54BrClF6N22O5S2. The predicted molar refractivity (Wildman–Crippen MR) is 324 cm³/mol. The molecule has 27 nitrogen and oxygen atoms in total. The molecule has 90 heavy (non-hydrogen) atoms. The summed E-state index contributed by atoms with van der Waals surface area (Å²) in [6.45, 7) is 9.53. The lowest BCUT2D eigenvalue weighted by Crippen LogP contribution is -2.36. The number of nitrogens with two attached hydrogens (primary N) is 1. The molecule has 13 heterocycles. The number of rotatable bonds is 12. The lowest BCUT2D eigenvalue weighted by molar-refractivity contribution is -0.160. The van der Waals surface area contributed by atoms with Crippen LogP contribution in [0.4, 0.5) is 72.9 Å². The summed E-state index contributed by atoms with van der Waals surface area (Å²) in [5, 5.41) is 35.7. The Morgan fingerprint density at radius 3 is 1.42 bits per heavy atom. The highest BCUT2D eigenvalue weighted by atomic mass is 79.9. The van der Waals surface area contributed by atoms with Crippen molar-refractivity contribution in [3.63, 3.8) is 0 Å². The number of hydrogen-bond acceptors (Lipinski definition) is 29. The second-order valence-corrected chi connectivity index (χ2v) is 21.3. The lowest BCUT2D eigenvalue weighted by atomic mass is 10.3. The maximum absolute atomic E-state index is 12.8. The van der Waals surface area contributed by atoms with Crippen LogP contribution in [0.25, 0.3) is 21.4 Å². The molecule has 0 aliphatic carbocycles. The van der Waals surface area contributed by atoms with Gasteiger partial charge in [-0.2, -0.15) is 36.3 Å². The fourth-order valence-electron chi connectivity index (χ4n) is 7.75. The number of ether oxygens (including phenoxy) is 3. The van der Waals surface area contributed by atoms with Crippen LogP contribution in [0.2, 0.25) is 5.15 Å². The number of hydrogen-bond donors (Lipinski definition) is 2. The number of alkyl halides is 7. The molecule has 3 fully saturated rings. The maximum Gasteiger partial charge on any atom is 0.471 e. The molecule has 0 atom stereocenters. The van der Waals surface area contributed by atoms with Crippen molar-refractivity contribution in [2.75, 3.05) is 110 Å². The standard InChI is InChI=1S/C20H17F3N8O2S.C12H14N6O.C8H4BrF3N2OS.C8H10ClN3O.C4H5N3.CH4/c21-20(22,23)19-26-18(29-33-19)14-2-1-13(34-14)12-31(17-11-24-5-6-25-17)16-4-3-15(27-28-16)30-7-9-32-10-8-30;1-2-12(18-5-7-19-8-6-18)17-16-10(1)15-11-9-13-3-4-14-11;9-3-4-1-2-5(16-4)6-13-7(15-14-6)8(10,11)12;9-7-1-2-8(11-10-7)12-3-5-13-6-4-12;5-4-3-6-1-2-7-4;/h1-6,11H,7-10,12H2;1-4,9H,5-8H2,(H,14,15,16);1-2H,3H2;1-2H,3-6H2;1-3H,(H2,5,7);1H4. The van der Waals surface area contributed by atoms with Gasteiger partial charge in [0.05, 0.1) is 74.5 Å². The zero-order valence-corrected chi connectivity index (χ0v) is 50.2. The second-order valence-electron chi connectivity index (χ2n) is 18.0. The number of morpholine rings is 3. The quantitative estimate of drug-likeness (QED) is 0.0848. The van der Waals surface area contributed by atoms with Crippen molar-refractivity contribution in [3.05, 3.63) is 143 Å². The van der Waals surface area contributed by atoms with E-state index in [9.17, 15) is 26.3 Å². The Morgan fingerprint density at radius 2 is 1.02 bits per heavy atom. The molecule has 0 saturated carbocycles. The van der Waals surface area contributed by atoms with Crippen LogP contribution in [0, 0.1) is 0 Å². The van der Waals surface area contributed by atoms with Gasteiger partial charge < -0.3 is 53.9 Å². The zero-order valence-electron chi connectivity index (χ0n) is 46.3. The van der Waals surface area contributed by atoms with E-state index in [0.29, 0.717) is 69.1 Å². The molecule has 37 heteroatoms. The zero-order chi connectivity index (χ0) is 62.4. The van der Waals surface area contributed by atoms with Crippen molar-refractivity contribution in [1.82, 2.24) is 80.8 Å². The van der Waals surface area contributed by atoms with Gasteiger partial charge in [0.2, 0.25) is 11.6 Å². The summed E-state index contributed by atoms with van der Waals surface area (Å²) in [4.78, 5) is 41.7. The molecule has 0 bridgehead atoms. The summed E-state index contributed by atoms with van der Waals surface area (Å²) in [6, 6.07) is 18.0. The molecule has 10 aromatic rings. The van der Waals surface area contributed by atoms with Crippen molar-refractivity contribution in [3.8, 4) is 21.4 Å². The number of nitrogens with one attached hydrogen (secondary N) is 1. The summed E-state index contributed by atoms with van der Waals surface area (Å²) in [7, 11) is 0. The number of anilines is 8. The van der Waals surface area contributed by atoms with Crippen LogP contribution in [0.5, 0.6) is 0 Å². The SMILES string of the molecule is C.Clc1ccc(N2CCOCC2)nn1.FC(F)(F)c1nc(-c2ccc(CBr)s2)no1.FC(F)(F)c1nc(-c2ccc(CN(c3cnccn3)c3ccc(N4CCOCC4)nn3)s2)no1.Nc1cnccn1.c1cnc(Nc2ccc(N3CCOCC3)nn2)cn1. The third-order valence-electron chi connectivity index (χ3n) is 12.0. The van der Waals surface area contributed by atoms with Crippen LogP contribution in [0.15, 0.2) is 125 Å². The van der Waals surface area contributed by atoms with Crippen LogP contribution >= 0.6 is 50.2 Å². The van der Waals surface area contributed by atoms with E-state index < -0.39 is 24.1 Å². The molecule has 3 saturated heterocycles. The van der Waals surface area contributed by atoms with Gasteiger partial charge in [0.1, 0.15) is 11.6 Å². The first-order valence-electron chi connectivity index (χ1n) is 26.4. The number of nitrogen functional groups attached to an aromatic ring is 1. The van der Waals surface area contributed by atoms with Crippen LogP contribution in [0.3, 0.4) is 0 Å². The summed E-state index contributed by atoms with van der Waals surface area (Å²) >= 11 is 11.4. The van der Waals surface area contributed by atoms with Crippen LogP contribution in [0.1, 0.15) is 29.0 Å². The highest BCUT2D eigenvalue weighted by molar-refractivity contribution is 9.08. The minimum atomic E-state index is -4.69. The van der Waals surface area contributed by atoms with Crippen molar-refractivity contribution >= 4 is 96.7 Å². The number of thiophene rings is 2. The van der Waals surface area contributed by atoms with Gasteiger partial charge in [-0.15, -0.1) is 53.3 Å². The second kappa shape index (κ2) is 33.1. The Balaban J connectivity index is 0.000000158. The molecule has 474 valence electrons. The van der Waals surface area contributed by atoms with Gasteiger partial charge >= 0.3 is 24.1 Å². The van der Waals surface area contributed by atoms with Gasteiger partial charge in [-0.3, -0.25) is 15.0 Å². The first-order chi connectivity index (χ1) is 43.1. The summed E-state index contributed by atoms with van der Waals surface area (Å²) in [6.07, 6.45) is 4.95. The first kappa shape index (κ1) is 67.1. The van der Waals surface area contributed by atoms with E-state index in [4.69, 9.17) is 31.5 Å². The third kappa shape index (κ3) is 20.1. The van der Waals surface area contributed by atoms with Crippen LogP contribution in [-0.4, -0.2) is 160 Å². The molecule has 3 N–H and O–H groups in total. The van der Waals surface area contributed by atoms with E-state index in [0.717, 1.165) is 92.9 Å². The molecule has 0 radical (unpaired) electrons. The highest BCUT2D eigenvalue weighted by Crippen LogP contribution is 2.35. The molecule has 0 spiro atoms. The van der Waals surface area contributed by atoms with Gasteiger partial charge in [-0.05, 0) is 60.7 Å². The number of halogens is 8. The lowest BCUT2D eigenvalue weighted by Gasteiger charge is -2.28. The van der Waals surface area contributed by atoms with Crippen molar-refractivity contribution < 1.29 is 49.6 Å². The Hall–Kier alpha value is -8.81. The topological polar surface area (TPSA) is 311 Å². The minimum Gasteiger partial charge on any atom is -0.382 e. The number of nitrogens with zero attached hydrogens (tertiary/aromatic N) is 20.